The van der Waals surface area contributed by atoms with Gasteiger partial charge in [-0.1, -0.05) is 29.8 Å². The minimum absolute atomic E-state index is 0.0858. The van der Waals surface area contributed by atoms with E-state index in [2.05, 4.69) is 28.4 Å². The van der Waals surface area contributed by atoms with E-state index < -0.39 is 16.1 Å². The van der Waals surface area contributed by atoms with Gasteiger partial charge in [0.25, 0.3) is 5.91 Å². The van der Waals surface area contributed by atoms with Crippen LogP contribution in [-0.2, 0) is 21.2 Å². The molecule has 1 N–H and O–H groups in total. The molecule has 0 radical (unpaired) electrons. The Kier molecular flexibility index (Phi) is 5.79. The van der Waals surface area contributed by atoms with E-state index in [1.807, 2.05) is 6.07 Å². The molecule has 0 fully saturated rings. The molecule has 30 heavy (non-hydrogen) atoms. The van der Waals surface area contributed by atoms with Crippen LogP contribution in [0.5, 0.6) is 5.75 Å². The van der Waals surface area contributed by atoms with Crippen LogP contribution in [0.4, 0.5) is 11.4 Å². The van der Waals surface area contributed by atoms with Crippen molar-refractivity contribution < 1.29 is 17.9 Å². The van der Waals surface area contributed by atoms with Crippen LogP contribution in [0.15, 0.2) is 42.5 Å². The standard InChI is InChI=1S/C21H24ClN3O4S/c1-30(27,28)25-14-20(29-19-8-7-16(22)13-18(19)25)21(26)23-10-4-11-24-12-9-15-5-2-3-6-17(15)24/h2-3,5-8,13,20H,4,9-12,14H2,1H3,(H,23,26). The molecule has 7 nitrogen and oxygen atoms in total. The number of para-hydroxylation sites is 1. The third-order valence-corrected chi connectivity index (χ3v) is 6.75. The average Bonchev–Trinajstić information content (AvgIpc) is 3.12. The Morgan fingerprint density at radius 3 is 2.83 bits per heavy atom. The maximum atomic E-state index is 12.6. The predicted octanol–water partition coefficient (Wildman–Crippen LogP) is 2.44. The van der Waals surface area contributed by atoms with E-state index >= 15 is 0 Å². The highest BCUT2D eigenvalue weighted by Crippen LogP contribution is 2.37. The van der Waals surface area contributed by atoms with Crippen LogP contribution in [0.3, 0.4) is 0 Å². The van der Waals surface area contributed by atoms with Gasteiger partial charge in [-0.2, -0.15) is 0 Å². The van der Waals surface area contributed by atoms with Crippen molar-refractivity contribution in [3.05, 3.63) is 53.1 Å². The maximum Gasteiger partial charge on any atom is 0.263 e. The third kappa shape index (κ3) is 4.34. The maximum absolute atomic E-state index is 12.6. The highest BCUT2D eigenvalue weighted by atomic mass is 35.5. The minimum atomic E-state index is -3.58. The number of fused-ring (bicyclic) bond motifs is 2. The fourth-order valence-electron chi connectivity index (χ4n) is 3.91. The molecule has 1 atom stereocenters. The number of hydrogen-bond donors (Lipinski definition) is 1. The molecule has 1 unspecified atom stereocenters. The van der Waals surface area contributed by atoms with Gasteiger partial charge in [0, 0.05) is 30.3 Å². The summed E-state index contributed by atoms with van der Waals surface area (Å²) in [6.07, 6.45) is 2.02. The monoisotopic (exact) mass is 449 g/mol. The number of anilines is 2. The first-order valence-corrected chi connectivity index (χ1v) is 12.1. The molecule has 2 heterocycles. The van der Waals surface area contributed by atoms with Gasteiger partial charge in [-0.15, -0.1) is 0 Å². The summed E-state index contributed by atoms with van der Waals surface area (Å²) in [6, 6.07) is 13.1. The van der Waals surface area contributed by atoms with Crippen molar-refractivity contribution in [2.75, 3.05) is 41.6 Å². The molecule has 0 saturated heterocycles. The molecule has 160 valence electrons. The van der Waals surface area contributed by atoms with E-state index in [1.165, 1.54) is 21.6 Å². The molecule has 1 amide bonds. The lowest BCUT2D eigenvalue weighted by Crippen LogP contribution is -2.50. The number of benzene rings is 2. The summed E-state index contributed by atoms with van der Waals surface area (Å²) in [4.78, 5) is 15.0. The fraction of sp³-hybridized carbons (Fsp3) is 0.381. The molecule has 2 aromatic rings. The molecule has 2 aliphatic rings. The molecular weight excluding hydrogens is 426 g/mol. The van der Waals surface area contributed by atoms with Gasteiger partial charge in [0.05, 0.1) is 18.5 Å². The quantitative estimate of drug-likeness (QED) is 0.685. The zero-order valence-electron chi connectivity index (χ0n) is 16.7. The first-order valence-electron chi connectivity index (χ1n) is 9.87. The summed E-state index contributed by atoms with van der Waals surface area (Å²) in [5.41, 5.74) is 2.97. The van der Waals surface area contributed by atoms with Crippen molar-refractivity contribution >= 4 is 38.9 Å². The molecule has 9 heteroatoms. The van der Waals surface area contributed by atoms with Crippen molar-refractivity contribution in [3.8, 4) is 5.75 Å². The zero-order valence-corrected chi connectivity index (χ0v) is 18.2. The van der Waals surface area contributed by atoms with Gasteiger partial charge in [0.15, 0.2) is 6.10 Å². The van der Waals surface area contributed by atoms with Gasteiger partial charge >= 0.3 is 0 Å². The number of sulfonamides is 1. The first-order chi connectivity index (χ1) is 14.3. The number of carbonyl (C=O) groups excluding carboxylic acids is 1. The molecule has 0 spiro atoms. The van der Waals surface area contributed by atoms with Crippen LogP contribution in [0.25, 0.3) is 0 Å². The summed E-state index contributed by atoms with van der Waals surface area (Å²) in [6.45, 7) is 2.24. The van der Waals surface area contributed by atoms with Crippen LogP contribution in [-0.4, -0.2) is 52.9 Å². The van der Waals surface area contributed by atoms with E-state index in [9.17, 15) is 13.2 Å². The molecule has 0 aliphatic carbocycles. The van der Waals surface area contributed by atoms with Crippen molar-refractivity contribution in [2.24, 2.45) is 0 Å². The van der Waals surface area contributed by atoms with E-state index in [0.29, 0.717) is 23.0 Å². The molecular formula is C21H24ClN3O4S. The average molecular weight is 450 g/mol. The van der Waals surface area contributed by atoms with E-state index in [0.717, 1.165) is 32.2 Å². The Morgan fingerprint density at radius 2 is 2.03 bits per heavy atom. The van der Waals surface area contributed by atoms with E-state index in [1.54, 1.807) is 12.1 Å². The topological polar surface area (TPSA) is 79.0 Å². The lowest BCUT2D eigenvalue weighted by molar-refractivity contribution is -0.127. The van der Waals surface area contributed by atoms with Crippen LogP contribution in [0.2, 0.25) is 5.02 Å². The van der Waals surface area contributed by atoms with Gasteiger partial charge in [-0.25, -0.2) is 8.42 Å². The van der Waals surface area contributed by atoms with Crippen LogP contribution in [0.1, 0.15) is 12.0 Å². The van der Waals surface area contributed by atoms with Crippen molar-refractivity contribution in [1.82, 2.24) is 5.32 Å². The van der Waals surface area contributed by atoms with Crippen LogP contribution < -0.4 is 19.3 Å². The summed E-state index contributed by atoms with van der Waals surface area (Å²) in [5.74, 6) is -0.00373. The Bertz CT molecular complexity index is 1060. The Morgan fingerprint density at radius 1 is 1.23 bits per heavy atom. The summed E-state index contributed by atoms with van der Waals surface area (Å²) in [7, 11) is -3.58. The summed E-state index contributed by atoms with van der Waals surface area (Å²) in [5, 5.41) is 3.28. The molecule has 4 rings (SSSR count). The molecule has 2 aliphatic heterocycles. The highest BCUT2D eigenvalue weighted by Gasteiger charge is 2.35. The van der Waals surface area contributed by atoms with Gasteiger partial charge in [0.2, 0.25) is 10.0 Å². The van der Waals surface area contributed by atoms with E-state index in [4.69, 9.17) is 16.3 Å². The number of carbonyl (C=O) groups is 1. The van der Waals surface area contributed by atoms with Crippen molar-refractivity contribution in [2.45, 2.75) is 18.9 Å². The normalized spacial score (nSPS) is 17.9. The smallest absolute Gasteiger partial charge is 0.263 e. The number of halogens is 1. The first kappa shape index (κ1) is 20.8. The lowest BCUT2D eigenvalue weighted by Gasteiger charge is -2.34. The third-order valence-electron chi connectivity index (χ3n) is 5.37. The lowest BCUT2D eigenvalue weighted by atomic mass is 10.2. The van der Waals surface area contributed by atoms with Crippen LogP contribution >= 0.6 is 11.6 Å². The van der Waals surface area contributed by atoms with Gasteiger partial charge in [-0.05, 0) is 42.7 Å². The SMILES string of the molecule is CS(=O)(=O)N1CC(C(=O)NCCCN2CCc3ccccc32)Oc2ccc(Cl)cc21. The van der Waals surface area contributed by atoms with E-state index in [-0.39, 0.29) is 12.5 Å². The number of nitrogens with one attached hydrogen (secondary N) is 1. The molecule has 0 saturated carbocycles. The minimum Gasteiger partial charge on any atom is -0.476 e. The number of ether oxygens (including phenoxy) is 1. The largest absolute Gasteiger partial charge is 0.476 e. The Hall–Kier alpha value is -2.45. The molecule has 0 bridgehead atoms. The highest BCUT2D eigenvalue weighted by molar-refractivity contribution is 7.92. The van der Waals surface area contributed by atoms with Gasteiger partial charge < -0.3 is 15.0 Å². The second kappa shape index (κ2) is 8.35. The Labute approximate surface area is 181 Å². The Balaban J connectivity index is 1.34. The zero-order chi connectivity index (χ0) is 21.3. The van der Waals surface area contributed by atoms with Crippen molar-refractivity contribution in [3.63, 3.8) is 0 Å². The van der Waals surface area contributed by atoms with Crippen LogP contribution in [0, 0.1) is 0 Å². The molecule has 2 aromatic carbocycles. The number of hydrogen-bond acceptors (Lipinski definition) is 5. The molecule has 0 aromatic heterocycles. The fourth-order valence-corrected chi connectivity index (χ4v) is 4.98. The van der Waals surface area contributed by atoms with Gasteiger partial charge in [-0.3, -0.25) is 9.10 Å². The number of rotatable bonds is 6. The number of amides is 1. The van der Waals surface area contributed by atoms with Gasteiger partial charge in [0.1, 0.15) is 5.75 Å². The summed E-state index contributed by atoms with van der Waals surface area (Å²) >= 11 is 6.00. The second-order valence-electron chi connectivity index (χ2n) is 7.52. The number of nitrogens with zero attached hydrogens (tertiary/aromatic N) is 2. The summed E-state index contributed by atoms with van der Waals surface area (Å²) < 4.78 is 31.4. The predicted molar refractivity (Wildman–Crippen MR) is 118 cm³/mol. The van der Waals surface area contributed by atoms with Crippen molar-refractivity contribution in [1.29, 1.82) is 0 Å². The second-order valence-corrected chi connectivity index (χ2v) is 9.87.